The number of ether oxygens (including phenoxy) is 1. The van der Waals surface area contributed by atoms with E-state index in [0.717, 1.165) is 5.69 Å². The van der Waals surface area contributed by atoms with Crippen LogP contribution in [0.1, 0.15) is 10.5 Å². The molecule has 1 aromatic carbocycles. The Morgan fingerprint density at radius 1 is 1.31 bits per heavy atom. The molecule has 0 amide bonds. The van der Waals surface area contributed by atoms with Crippen molar-refractivity contribution in [3.05, 3.63) is 42.2 Å². The van der Waals surface area contributed by atoms with Crippen LogP contribution in [0.5, 0.6) is 5.75 Å². The van der Waals surface area contributed by atoms with Crippen molar-refractivity contribution < 1.29 is 14.6 Å². The highest BCUT2D eigenvalue weighted by Crippen LogP contribution is 2.13. The molecule has 1 aromatic heterocycles. The van der Waals surface area contributed by atoms with Gasteiger partial charge in [-0.2, -0.15) is 5.10 Å². The molecule has 0 fully saturated rings. The molecule has 2 rings (SSSR count). The number of nitrogens with zero attached hydrogens (tertiary/aromatic N) is 2. The van der Waals surface area contributed by atoms with Gasteiger partial charge in [-0.15, -0.1) is 0 Å². The lowest BCUT2D eigenvalue weighted by Crippen LogP contribution is -2.03. The van der Waals surface area contributed by atoms with Gasteiger partial charge in [0.05, 0.1) is 12.8 Å². The van der Waals surface area contributed by atoms with E-state index >= 15 is 0 Å². The molecule has 0 saturated heterocycles. The Labute approximate surface area is 91.9 Å². The fourth-order valence-corrected chi connectivity index (χ4v) is 1.29. The molecule has 5 heteroatoms. The summed E-state index contributed by atoms with van der Waals surface area (Å²) in [5.41, 5.74) is 1.00. The van der Waals surface area contributed by atoms with E-state index in [4.69, 9.17) is 5.11 Å². The average molecular weight is 218 g/mol. The number of aromatic nitrogens is 2. The van der Waals surface area contributed by atoms with Crippen LogP contribution in [-0.4, -0.2) is 28.0 Å². The Bertz CT molecular complexity index is 502. The fraction of sp³-hybridized carbons (Fsp3) is 0.0909. The van der Waals surface area contributed by atoms with Crippen molar-refractivity contribution >= 4 is 5.97 Å². The molecule has 1 heterocycles. The Kier molecular flexibility index (Phi) is 2.59. The maximum atomic E-state index is 11.2. The van der Waals surface area contributed by atoms with Crippen molar-refractivity contribution in [3.63, 3.8) is 0 Å². The van der Waals surface area contributed by atoms with Gasteiger partial charge in [-0.3, -0.25) is 0 Å². The molecular weight excluding hydrogens is 208 g/mol. The maximum Gasteiger partial charge on any atom is 0.358 e. The molecule has 0 bridgehead atoms. The van der Waals surface area contributed by atoms with Crippen molar-refractivity contribution in [2.75, 3.05) is 7.11 Å². The first-order valence-electron chi connectivity index (χ1n) is 4.64. The van der Waals surface area contributed by atoms with Gasteiger partial charge in [0.25, 0.3) is 0 Å². The third-order valence-electron chi connectivity index (χ3n) is 2.10. The zero-order chi connectivity index (χ0) is 11.5. The van der Waals surface area contributed by atoms with Gasteiger partial charge < -0.3 is 9.84 Å². The minimum atomic E-state index is -0.475. The molecule has 16 heavy (non-hydrogen) atoms. The summed E-state index contributed by atoms with van der Waals surface area (Å²) in [5, 5.41) is 13.2. The molecule has 2 aromatic rings. The maximum absolute atomic E-state index is 11.2. The molecule has 0 spiro atoms. The van der Waals surface area contributed by atoms with Gasteiger partial charge in [-0.1, -0.05) is 0 Å². The summed E-state index contributed by atoms with van der Waals surface area (Å²) in [6.07, 6.45) is 1.65. The molecule has 0 aliphatic carbocycles. The van der Waals surface area contributed by atoms with E-state index in [2.05, 4.69) is 9.84 Å². The van der Waals surface area contributed by atoms with Gasteiger partial charge in [-0.05, 0) is 30.3 Å². The lowest BCUT2D eigenvalue weighted by atomic mass is 10.3. The SMILES string of the molecule is COC(=O)c1ccn(-c2ccc(O)cc2)n1. The molecular formula is C11H10N2O3. The van der Waals surface area contributed by atoms with E-state index in [1.807, 2.05) is 0 Å². The second-order valence-electron chi connectivity index (χ2n) is 3.15. The second kappa shape index (κ2) is 4.06. The number of benzene rings is 1. The molecule has 0 aliphatic rings. The molecule has 0 saturated carbocycles. The number of aromatic hydroxyl groups is 1. The first-order valence-corrected chi connectivity index (χ1v) is 4.64. The van der Waals surface area contributed by atoms with Crippen LogP contribution in [0.2, 0.25) is 0 Å². The molecule has 0 unspecified atom stereocenters. The number of carbonyl (C=O) groups is 1. The molecule has 82 valence electrons. The van der Waals surface area contributed by atoms with Crippen LogP contribution in [0, 0.1) is 0 Å². The summed E-state index contributed by atoms with van der Waals surface area (Å²) in [6, 6.07) is 8.06. The predicted molar refractivity (Wildman–Crippen MR) is 56.6 cm³/mol. The molecule has 0 aliphatic heterocycles. The van der Waals surface area contributed by atoms with Crippen molar-refractivity contribution in [1.29, 1.82) is 0 Å². The fourth-order valence-electron chi connectivity index (χ4n) is 1.29. The van der Waals surface area contributed by atoms with Gasteiger partial charge in [0.15, 0.2) is 5.69 Å². The van der Waals surface area contributed by atoms with Gasteiger partial charge >= 0.3 is 5.97 Å². The average Bonchev–Trinajstić information content (AvgIpc) is 2.78. The zero-order valence-corrected chi connectivity index (χ0v) is 8.62. The Hall–Kier alpha value is -2.30. The number of carbonyl (C=O) groups excluding carboxylic acids is 1. The van der Waals surface area contributed by atoms with Gasteiger partial charge in [0, 0.05) is 6.20 Å². The van der Waals surface area contributed by atoms with Crippen molar-refractivity contribution in [3.8, 4) is 11.4 Å². The lowest BCUT2D eigenvalue weighted by molar-refractivity contribution is 0.0593. The molecule has 1 N–H and O–H groups in total. The van der Waals surface area contributed by atoms with E-state index in [1.54, 1.807) is 36.5 Å². The van der Waals surface area contributed by atoms with Crippen molar-refractivity contribution in [1.82, 2.24) is 9.78 Å². The number of phenolic OH excluding ortho intramolecular Hbond substituents is 1. The normalized spacial score (nSPS) is 10.1. The first-order chi connectivity index (χ1) is 7.70. The Morgan fingerprint density at radius 2 is 2.00 bits per heavy atom. The zero-order valence-electron chi connectivity index (χ0n) is 8.62. The largest absolute Gasteiger partial charge is 0.508 e. The number of phenols is 1. The second-order valence-corrected chi connectivity index (χ2v) is 3.15. The quantitative estimate of drug-likeness (QED) is 0.773. The monoisotopic (exact) mass is 218 g/mol. The van der Waals surface area contributed by atoms with Crippen molar-refractivity contribution in [2.45, 2.75) is 0 Å². The third-order valence-corrected chi connectivity index (χ3v) is 2.10. The van der Waals surface area contributed by atoms with Crippen LogP contribution in [-0.2, 0) is 4.74 Å². The van der Waals surface area contributed by atoms with E-state index in [0.29, 0.717) is 0 Å². The summed E-state index contributed by atoms with van der Waals surface area (Å²) < 4.78 is 6.08. The summed E-state index contributed by atoms with van der Waals surface area (Å²) in [6.45, 7) is 0. The standard InChI is InChI=1S/C11H10N2O3/c1-16-11(15)10-6-7-13(12-10)8-2-4-9(14)5-3-8/h2-7,14H,1H3. The minimum absolute atomic E-state index is 0.184. The predicted octanol–water partition coefficient (Wildman–Crippen LogP) is 1.36. The summed E-state index contributed by atoms with van der Waals surface area (Å²) in [4.78, 5) is 11.2. The van der Waals surface area contributed by atoms with Crippen LogP contribution < -0.4 is 0 Å². The highest BCUT2D eigenvalue weighted by atomic mass is 16.5. The first kappa shape index (κ1) is 10.2. The highest BCUT2D eigenvalue weighted by Gasteiger charge is 2.09. The van der Waals surface area contributed by atoms with Crippen LogP contribution >= 0.6 is 0 Å². The third kappa shape index (κ3) is 1.88. The Balaban J connectivity index is 2.31. The van der Waals surface area contributed by atoms with Crippen molar-refractivity contribution in [2.24, 2.45) is 0 Å². The van der Waals surface area contributed by atoms with Gasteiger partial charge in [0.1, 0.15) is 5.75 Å². The summed E-state index contributed by atoms with van der Waals surface area (Å²) >= 11 is 0. The summed E-state index contributed by atoms with van der Waals surface area (Å²) in [7, 11) is 1.31. The number of esters is 1. The van der Waals surface area contributed by atoms with Crippen LogP contribution in [0.3, 0.4) is 0 Å². The van der Waals surface area contributed by atoms with E-state index < -0.39 is 5.97 Å². The number of rotatable bonds is 2. The minimum Gasteiger partial charge on any atom is -0.508 e. The number of methoxy groups -OCH3 is 1. The van der Waals surface area contributed by atoms with E-state index in [-0.39, 0.29) is 11.4 Å². The highest BCUT2D eigenvalue weighted by molar-refractivity contribution is 5.86. The van der Waals surface area contributed by atoms with Gasteiger partial charge in [0.2, 0.25) is 0 Å². The van der Waals surface area contributed by atoms with Crippen LogP contribution in [0.25, 0.3) is 5.69 Å². The Morgan fingerprint density at radius 3 is 2.62 bits per heavy atom. The number of hydrogen-bond donors (Lipinski definition) is 1. The summed E-state index contributed by atoms with van der Waals surface area (Å²) in [5.74, 6) is -0.290. The molecule has 0 radical (unpaired) electrons. The van der Waals surface area contributed by atoms with Gasteiger partial charge in [-0.25, -0.2) is 9.48 Å². The molecule has 5 nitrogen and oxygen atoms in total. The topological polar surface area (TPSA) is 64.3 Å². The van der Waals surface area contributed by atoms with E-state index in [1.165, 1.54) is 11.8 Å². The smallest absolute Gasteiger partial charge is 0.358 e. The van der Waals surface area contributed by atoms with Crippen LogP contribution in [0.15, 0.2) is 36.5 Å². The van der Waals surface area contributed by atoms with E-state index in [9.17, 15) is 4.79 Å². The van der Waals surface area contributed by atoms with Crippen LogP contribution in [0.4, 0.5) is 0 Å². The lowest BCUT2D eigenvalue weighted by Gasteiger charge is -2.00. The molecule has 0 atom stereocenters. The number of hydrogen-bond acceptors (Lipinski definition) is 4.